The molecule has 0 saturated heterocycles. The summed E-state index contributed by atoms with van der Waals surface area (Å²) in [5.41, 5.74) is 3.32. The molecule has 0 fully saturated rings. The van der Waals surface area contributed by atoms with Crippen LogP contribution in [0.25, 0.3) is 0 Å². The highest BCUT2D eigenvalue weighted by atomic mass is 127. The molecular weight excluding hydrogens is 312 g/mol. The molecule has 1 rings (SSSR count). The second-order valence-corrected chi connectivity index (χ2v) is 3.66. The molecule has 0 bridgehead atoms. The van der Waals surface area contributed by atoms with Gasteiger partial charge in [0, 0.05) is 3.57 Å². The molecule has 1 aromatic rings. The van der Waals surface area contributed by atoms with Gasteiger partial charge in [-0.1, -0.05) is 0 Å². The molecule has 0 aliphatic rings. The van der Waals surface area contributed by atoms with Crippen LogP contribution in [0.1, 0.15) is 16.2 Å². The van der Waals surface area contributed by atoms with Gasteiger partial charge in [0.15, 0.2) is 0 Å². The number of aromatic nitrogens is 1. The van der Waals surface area contributed by atoms with Crippen LogP contribution in [0.15, 0.2) is 12.1 Å². The summed E-state index contributed by atoms with van der Waals surface area (Å²) in [4.78, 5) is 13.7. The Balaban J connectivity index is 3.28. The first kappa shape index (κ1) is 11.2. The number of amides is 1. The van der Waals surface area contributed by atoms with Crippen molar-refractivity contribution >= 4 is 28.5 Å². The molecule has 3 nitrogen and oxygen atoms in total. The summed E-state index contributed by atoms with van der Waals surface area (Å²) in [5, 5.41) is 0. The lowest BCUT2D eigenvalue weighted by Crippen LogP contribution is -2.17. The maximum atomic E-state index is 12.2. The van der Waals surface area contributed by atoms with Crippen LogP contribution in [0.5, 0.6) is 0 Å². The lowest BCUT2D eigenvalue weighted by atomic mass is 10.3. The van der Waals surface area contributed by atoms with E-state index < -0.39 is 17.8 Å². The van der Waals surface area contributed by atoms with Crippen LogP contribution >= 0.6 is 22.6 Å². The molecule has 0 atom stereocenters. The van der Waals surface area contributed by atoms with Gasteiger partial charge in [-0.25, -0.2) is 4.98 Å². The molecule has 2 N–H and O–H groups in total. The molecule has 0 spiro atoms. The van der Waals surface area contributed by atoms with Crippen molar-refractivity contribution in [1.82, 2.24) is 4.98 Å². The Morgan fingerprint density at radius 3 is 2.43 bits per heavy atom. The van der Waals surface area contributed by atoms with Gasteiger partial charge in [0.05, 0.1) is 0 Å². The zero-order valence-corrected chi connectivity index (χ0v) is 8.76. The summed E-state index contributed by atoms with van der Waals surface area (Å²) >= 11 is 1.66. The van der Waals surface area contributed by atoms with Gasteiger partial charge >= 0.3 is 6.18 Å². The standard InChI is InChI=1S/C7H4F3IN2O/c8-7(9,10)5-2-3(11)1-4(13-5)6(12)14/h1-2H,(H2,12,14). The van der Waals surface area contributed by atoms with Crippen molar-refractivity contribution in [3.8, 4) is 0 Å². The molecule has 0 aromatic carbocycles. The molecule has 0 unspecified atom stereocenters. The number of pyridine rings is 1. The summed E-state index contributed by atoms with van der Waals surface area (Å²) in [6.07, 6.45) is -4.56. The minimum absolute atomic E-state index is 0.263. The Bertz CT molecular complexity index is 378. The maximum Gasteiger partial charge on any atom is 0.433 e. The van der Waals surface area contributed by atoms with Crippen LogP contribution < -0.4 is 5.73 Å². The van der Waals surface area contributed by atoms with Crippen LogP contribution in [0.3, 0.4) is 0 Å². The number of nitrogens with two attached hydrogens (primary N) is 1. The van der Waals surface area contributed by atoms with Crippen molar-refractivity contribution in [3.63, 3.8) is 0 Å². The normalized spacial score (nSPS) is 11.4. The Kier molecular flexibility index (Phi) is 2.98. The third-order valence-corrected chi connectivity index (χ3v) is 1.96. The molecular formula is C7H4F3IN2O. The Hall–Kier alpha value is -0.860. The van der Waals surface area contributed by atoms with Crippen molar-refractivity contribution in [3.05, 3.63) is 27.1 Å². The van der Waals surface area contributed by atoms with Gasteiger partial charge in [-0.3, -0.25) is 4.79 Å². The van der Waals surface area contributed by atoms with Crippen molar-refractivity contribution in [2.24, 2.45) is 5.73 Å². The lowest BCUT2D eigenvalue weighted by molar-refractivity contribution is -0.141. The molecule has 1 heterocycles. The van der Waals surface area contributed by atoms with E-state index in [9.17, 15) is 18.0 Å². The molecule has 0 aliphatic heterocycles. The van der Waals surface area contributed by atoms with E-state index in [-0.39, 0.29) is 9.26 Å². The molecule has 14 heavy (non-hydrogen) atoms. The number of hydrogen-bond donors (Lipinski definition) is 1. The zero-order chi connectivity index (χ0) is 10.9. The van der Waals surface area contributed by atoms with Gasteiger partial charge in [0.1, 0.15) is 11.4 Å². The first-order chi connectivity index (χ1) is 6.30. The largest absolute Gasteiger partial charge is 0.433 e. The average molecular weight is 316 g/mol. The second kappa shape index (κ2) is 3.71. The average Bonchev–Trinajstić information content (AvgIpc) is 2.01. The number of alkyl halides is 3. The third-order valence-electron chi connectivity index (χ3n) is 1.33. The van der Waals surface area contributed by atoms with E-state index in [2.05, 4.69) is 4.98 Å². The number of nitrogens with zero attached hydrogens (tertiary/aromatic N) is 1. The van der Waals surface area contributed by atoms with E-state index >= 15 is 0 Å². The van der Waals surface area contributed by atoms with E-state index in [1.165, 1.54) is 6.07 Å². The quantitative estimate of drug-likeness (QED) is 0.803. The smallest absolute Gasteiger partial charge is 0.364 e. The topological polar surface area (TPSA) is 56.0 Å². The second-order valence-electron chi connectivity index (χ2n) is 2.42. The summed E-state index contributed by atoms with van der Waals surface area (Å²) in [6.45, 7) is 0. The van der Waals surface area contributed by atoms with Crippen LogP contribution in [0.2, 0.25) is 0 Å². The van der Waals surface area contributed by atoms with E-state index in [1.54, 1.807) is 22.6 Å². The van der Waals surface area contributed by atoms with Crippen LogP contribution in [-0.4, -0.2) is 10.9 Å². The predicted octanol–water partition coefficient (Wildman–Crippen LogP) is 1.80. The van der Waals surface area contributed by atoms with Gasteiger partial charge in [-0.05, 0) is 34.7 Å². The number of carbonyl (C=O) groups excluding carboxylic acids is 1. The van der Waals surface area contributed by atoms with Crippen LogP contribution in [0, 0.1) is 3.57 Å². The van der Waals surface area contributed by atoms with E-state index in [0.29, 0.717) is 0 Å². The summed E-state index contributed by atoms with van der Waals surface area (Å²) < 4.78 is 36.8. The maximum absolute atomic E-state index is 12.2. The summed E-state index contributed by atoms with van der Waals surface area (Å²) in [6, 6.07) is 2.03. The Morgan fingerprint density at radius 2 is 2.00 bits per heavy atom. The lowest BCUT2D eigenvalue weighted by Gasteiger charge is -2.06. The van der Waals surface area contributed by atoms with Crippen molar-refractivity contribution < 1.29 is 18.0 Å². The van der Waals surface area contributed by atoms with Crippen molar-refractivity contribution in [2.75, 3.05) is 0 Å². The number of halogens is 4. The molecule has 0 saturated carbocycles. The molecule has 7 heteroatoms. The third kappa shape index (κ3) is 2.56. The first-order valence-electron chi connectivity index (χ1n) is 3.35. The fourth-order valence-corrected chi connectivity index (χ4v) is 1.36. The van der Waals surface area contributed by atoms with Gasteiger partial charge in [-0.2, -0.15) is 13.2 Å². The Labute approximate surface area is 90.6 Å². The SMILES string of the molecule is NC(=O)c1cc(I)cc(C(F)(F)F)n1. The minimum Gasteiger partial charge on any atom is -0.364 e. The highest BCUT2D eigenvalue weighted by Crippen LogP contribution is 2.28. The molecule has 1 amide bonds. The summed E-state index contributed by atoms with van der Waals surface area (Å²) in [5.74, 6) is -0.978. The monoisotopic (exact) mass is 316 g/mol. The first-order valence-corrected chi connectivity index (χ1v) is 4.43. The van der Waals surface area contributed by atoms with E-state index in [1.807, 2.05) is 0 Å². The Morgan fingerprint density at radius 1 is 1.43 bits per heavy atom. The highest BCUT2D eigenvalue weighted by Gasteiger charge is 2.33. The van der Waals surface area contributed by atoms with Crippen LogP contribution in [-0.2, 0) is 6.18 Å². The van der Waals surface area contributed by atoms with E-state index in [4.69, 9.17) is 5.73 Å². The van der Waals surface area contributed by atoms with Crippen molar-refractivity contribution in [2.45, 2.75) is 6.18 Å². The fourth-order valence-electron chi connectivity index (χ4n) is 0.769. The molecule has 76 valence electrons. The molecule has 1 aromatic heterocycles. The number of rotatable bonds is 1. The van der Waals surface area contributed by atoms with Gasteiger partial charge < -0.3 is 5.73 Å². The van der Waals surface area contributed by atoms with Crippen LogP contribution in [0.4, 0.5) is 13.2 Å². The van der Waals surface area contributed by atoms with Crippen molar-refractivity contribution in [1.29, 1.82) is 0 Å². The predicted molar refractivity (Wildman–Crippen MR) is 50.5 cm³/mol. The van der Waals surface area contributed by atoms with Gasteiger partial charge in [0.2, 0.25) is 0 Å². The van der Waals surface area contributed by atoms with E-state index in [0.717, 1.165) is 6.07 Å². The molecule has 0 radical (unpaired) electrons. The number of primary amides is 1. The number of hydrogen-bond acceptors (Lipinski definition) is 2. The fraction of sp³-hybridized carbons (Fsp3) is 0.143. The number of carbonyl (C=O) groups is 1. The zero-order valence-electron chi connectivity index (χ0n) is 6.60. The van der Waals surface area contributed by atoms with Gasteiger partial charge in [0.25, 0.3) is 5.91 Å². The van der Waals surface area contributed by atoms with Gasteiger partial charge in [-0.15, -0.1) is 0 Å². The minimum atomic E-state index is -4.56. The molecule has 0 aliphatic carbocycles. The highest BCUT2D eigenvalue weighted by molar-refractivity contribution is 14.1. The summed E-state index contributed by atoms with van der Waals surface area (Å²) in [7, 11) is 0.